The van der Waals surface area contributed by atoms with Crippen molar-refractivity contribution in [2.45, 2.75) is 19.1 Å². The van der Waals surface area contributed by atoms with Crippen LogP contribution in [0.4, 0.5) is 5.82 Å². The molecule has 9 nitrogen and oxygen atoms in total. The number of nitrogens with two attached hydrogens (primary N) is 1. The highest BCUT2D eigenvalue weighted by molar-refractivity contribution is 7.53. The van der Waals surface area contributed by atoms with Crippen LogP contribution in [0, 0.1) is 0 Å². The average Bonchev–Trinajstić information content (AvgIpc) is 3.10. The van der Waals surface area contributed by atoms with Crippen molar-refractivity contribution in [3.8, 4) is 0 Å². The number of halogens is 1. The predicted octanol–water partition coefficient (Wildman–Crippen LogP) is 3.41. The zero-order valence-electron chi connectivity index (χ0n) is 14.9. The Labute approximate surface area is 166 Å². The Morgan fingerprint density at radius 3 is 3.11 bits per heavy atom. The summed E-state index contributed by atoms with van der Waals surface area (Å²) >= 11 is 6.03. The van der Waals surface area contributed by atoms with Crippen molar-refractivity contribution in [2.24, 2.45) is 0 Å². The van der Waals surface area contributed by atoms with Crippen LogP contribution in [0.3, 0.4) is 0 Å². The Hall–Kier alpha value is -2.03. The lowest BCUT2D eigenvalue weighted by molar-refractivity contribution is 0.0563. The molecule has 1 aliphatic heterocycles. The molecule has 2 N–H and O–H groups in total. The Kier molecular flexibility index (Phi) is 5.61. The quantitative estimate of drug-likeness (QED) is 0.474. The van der Waals surface area contributed by atoms with Gasteiger partial charge in [0.15, 0.2) is 11.5 Å². The lowest BCUT2D eigenvalue weighted by Crippen LogP contribution is -2.17. The van der Waals surface area contributed by atoms with Crippen molar-refractivity contribution in [3.63, 3.8) is 0 Å². The Morgan fingerprint density at radius 2 is 2.25 bits per heavy atom. The molecular weight excluding hydrogens is 405 g/mol. The summed E-state index contributed by atoms with van der Waals surface area (Å²) in [5.74, 6) is 0.324. The highest BCUT2D eigenvalue weighted by Crippen LogP contribution is 2.56. The summed E-state index contributed by atoms with van der Waals surface area (Å²) in [5, 5.41) is 0.607. The summed E-state index contributed by atoms with van der Waals surface area (Å²) in [5.41, 5.74) is 7.81. The lowest BCUT2D eigenvalue weighted by Gasteiger charge is -2.30. The molecule has 0 amide bonds. The van der Waals surface area contributed by atoms with Crippen molar-refractivity contribution in [2.75, 3.05) is 25.3 Å². The number of hydrogen-bond donors (Lipinski definition) is 1. The van der Waals surface area contributed by atoms with Gasteiger partial charge in [0.05, 0.1) is 25.6 Å². The molecule has 0 aliphatic carbocycles. The van der Waals surface area contributed by atoms with Gasteiger partial charge in [-0.1, -0.05) is 23.7 Å². The summed E-state index contributed by atoms with van der Waals surface area (Å²) in [6.07, 6.45) is 3.14. The Morgan fingerprint density at radius 1 is 1.36 bits per heavy atom. The fourth-order valence-corrected chi connectivity index (χ4v) is 4.73. The number of anilines is 1. The first-order chi connectivity index (χ1) is 13.5. The van der Waals surface area contributed by atoms with Crippen LogP contribution < -0.4 is 5.73 Å². The second kappa shape index (κ2) is 8.14. The van der Waals surface area contributed by atoms with E-state index in [0.29, 0.717) is 41.6 Å². The summed E-state index contributed by atoms with van der Waals surface area (Å²) < 4.78 is 31.3. The van der Waals surface area contributed by atoms with E-state index in [4.69, 9.17) is 31.1 Å². The third-order valence-electron chi connectivity index (χ3n) is 4.33. The number of fused-ring (bicyclic) bond motifs is 1. The first-order valence-corrected chi connectivity index (χ1v) is 10.8. The molecule has 0 saturated carbocycles. The highest BCUT2D eigenvalue weighted by atomic mass is 35.5. The van der Waals surface area contributed by atoms with E-state index in [2.05, 4.69) is 15.0 Å². The van der Waals surface area contributed by atoms with Gasteiger partial charge in [0.2, 0.25) is 0 Å². The van der Waals surface area contributed by atoms with E-state index < -0.39 is 7.60 Å². The molecule has 1 fully saturated rings. The van der Waals surface area contributed by atoms with Gasteiger partial charge in [0.1, 0.15) is 18.2 Å². The Bertz CT molecular complexity index is 1030. The molecular formula is C17H19ClN5O4P. The predicted molar refractivity (Wildman–Crippen MR) is 104 cm³/mol. The number of nitrogen functional groups attached to an aromatic ring is 1. The number of aromatic nitrogens is 4. The van der Waals surface area contributed by atoms with Crippen LogP contribution in [0.1, 0.15) is 18.1 Å². The third kappa shape index (κ3) is 4.19. The minimum absolute atomic E-state index is 0.131. The van der Waals surface area contributed by atoms with Crippen molar-refractivity contribution in [1.29, 1.82) is 0 Å². The molecule has 3 heterocycles. The molecule has 148 valence electrons. The van der Waals surface area contributed by atoms with E-state index in [1.807, 2.05) is 12.1 Å². The zero-order valence-corrected chi connectivity index (χ0v) is 16.6. The van der Waals surface area contributed by atoms with E-state index >= 15 is 0 Å². The van der Waals surface area contributed by atoms with E-state index in [9.17, 15) is 4.57 Å². The topological polar surface area (TPSA) is 114 Å². The first-order valence-electron chi connectivity index (χ1n) is 8.71. The summed E-state index contributed by atoms with van der Waals surface area (Å²) in [6.45, 7) is 1.08. The molecule has 1 saturated heterocycles. The van der Waals surface area contributed by atoms with Crippen molar-refractivity contribution < 1.29 is 18.3 Å². The molecule has 0 spiro atoms. The van der Waals surface area contributed by atoms with Crippen LogP contribution in [-0.4, -0.2) is 39.1 Å². The standard InChI is InChI=1S/C17H19ClN5O4P/c18-13-3-1-2-12(8-13)14-4-6-26-28(24,27-14)11-25-7-5-23-10-22-15-16(19)20-9-21-17(15)23/h1-3,8-10,14H,4-7,11H2,(H2,19,20,21). The molecule has 1 aliphatic rings. The molecule has 3 aromatic rings. The summed E-state index contributed by atoms with van der Waals surface area (Å²) in [7, 11) is -3.35. The zero-order chi connectivity index (χ0) is 19.6. The molecule has 28 heavy (non-hydrogen) atoms. The molecule has 0 radical (unpaired) electrons. The number of rotatable bonds is 6. The van der Waals surface area contributed by atoms with Crippen molar-refractivity contribution in [3.05, 3.63) is 47.5 Å². The minimum atomic E-state index is -3.35. The molecule has 11 heteroatoms. The van der Waals surface area contributed by atoms with E-state index in [1.54, 1.807) is 23.0 Å². The van der Waals surface area contributed by atoms with Gasteiger partial charge in [-0.05, 0) is 17.7 Å². The molecule has 2 atom stereocenters. The lowest BCUT2D eigenvalue weighted by atomic mass is 10.1. The van der Waals surface area contributed by atoms with Gasteiger partial charge < -0.3 is 19.6 Å². The number of imidazole rings is 1. The van der Waals surface area contributed by atoms with Gasteiger partial charge in [-0.15, -0.1) is 0 Å². The van der Waals surface area contributed by atoms with Gasteiger partial charge >= 0.3 is 7.60 Å². The van der Waals surface area contributed by atoms with Gasteiger partial charge in [-0.3, -0.25) is 9.09 Å². The second-order valence-electron chi connectivity index (χ2n) is 6.29. The number of ether oxygens (including phenoxy) is 1. The number of hydrogen-bond acceptors (Lipinski definition) is 8. The van der Waals surface area contributed by atoms with Crippen LogP contribution in [0.25, 0.3) is 11.2 Å². The fraction of sp³-hybridized carbons (Fsp3) is 0.353. The van der Waals surface area contributed by atoms with Gasteiger partial charge in [-0.2, -0.15) is 0 Å². The second-order valence-corrected chi connectivity index (χ2v) is 8.67. The third-order valence-corrected chi connectivity index (χ3v) is 6.22. The molecule has 2 unspecified atom stereocenters. The first kappa shape index (κ1) is 19.3. The maximum Gasteiger partial charge on any atom is 0.356 e. The average molecular weight is 424 g/mol. The van der Waals surface area contributed by atoms with E-state index in [0.717, 1.165) is 5.56 Å². The summed E-state index contributed by atoms with van der Waals surface area (Å²) in [6, 6.07) is 7.32. The van der Waals surface area contributed by atoms with Gasteiger partial charge in [0.25, 0.3) is 0 Å². The smallest absolute Gasteiger partial charge is 0.356 e. The van der Waals surface area contributed by atoms with Crippen molar-refractivity contribution >= 4 is 36.2 Å². The van der Waals surface area contributed by atoms with Crippen LogP contribution in [0.5, 0.6) is 0 Å². The maximum atomic E-state index is 12.9. The fourth-order valence-electron chi connectivity index (χ4n) is 2.98. The van der Waals surface area contributed by atoms with Crippen molar-refractivity contribution in [1.82, 2.24) is 19.5 Å². The summed E-state index contributed by atoms with van der Waals surface area (Å²) in [4.78, 5) is 12.3. The maximum absolute atomic E-state index is 12.9. The molecule has 2 aromatic heterocycles. The van der Waals surface area contributed by atoms with E-state index in [-0.39, 0.29) is 19.1 Å². The normalized spacial score (nSPS) is 22.5. The number of benzene rings is 1. The largest absolute Gasteiger partial charge is 0.382 e. The van der Waals surface area contributed by atoms with Crippen LogP contribution in [0.2, 0.25) is 5.02 Å². The molecule has 4 rings (SSSR count). The molecule has 1 aromatic carbocycles. The monoisotopic (exact) mass is 423 g/mol. The van der Waals surface area contributed by atoms with Gasteiger partial charge in [-0.25, -0.2) is 15.0 Å². The van der Waals surface area contributed by atoms with Gasteiger partial charge in [0, 0.05) is 18.0 Å². The van der Waals surface area contributed by atoms with Crippen LogP contribution in [0.15, 0.2) is 36.9 Å². The van der Waals surface area contributed by atoms with E-state index in [1.165, 1.54) is 6.33 Å². The SMILES string of the molecule is Nc1ncnc2c1ncn2CCOCP1(=O)OCCC(c2cccc(Cl)c2)O1. The minimum Gasteiger partial charge on any atom is -0.382 e. The molecule has 0 bridgehead atoms. The highest BCUT2D eigenvalue weighted by Gasteiger charge is 2.34. The number of nitrogens with zero attached hydrogens (tertiary/aromatic N) is 4. The Balaban J connectivity index is 1.33. The van der Waals surface area contributed by atoms with Crippen LogP contribution in [-0.2, 0) is 24.9 Å². The van der Waals surface area contributed by atoms with Crippen LogP contribution >= 0.6 is 19.2 Å².